The summed E-state index contributed by atoms with van der Waals surface area (Å²) in [5.41, 5.74) is 4.09. The molecular weight excluding hydrogens is 412 g/mol. The van der Waals surface area contributed by atoms with Gasteiger partial charge in [0.2, 0.25) is 0 Å². The highest BCUT2D eigenvalue weighted by molar-refractivity contribution is 5.79. The van der Waals surface area contributed by atoms with E-state index in [9.17, 15) is 24.8 Å². The summed E-state index contributed by atoms with van der Waals surface area (Å²) in [7, 11) is 0. The summed E-state index contributed by atoms with van der Waals surface area (Å²) >= 11 is 0. The summed E-state index contributed by atoms with van der Waals surface area (Å²) in [5.74, 6) is -1.36. The molecule has 0 aromatic heterocycles. The Kier molecular flexibility index (Phi) is 5.85. The van der Waals surface area contributed by atoms with Gasteiger partial charge in [-0.15, -0.1) is 0 Å². The molecule has 162 valence electrons. The minimum atomic E-state index is -1.20. The van der Waals surface area contributed by atoms with E-state index in [0.717, 1.165) is 22.3 Å². The first-order valence-electron chi connectivity index (χ1n) is 10.0. The van der Waals surface area contributed by atoms with Gasteiger partial charge in [-0.25, -0.2) is 4.79 Å². The standard InChI is InChI=1S/C24H20N2O6/c27-23(28)13-21(19-11-5-6-12-22(19)26(30)31)25-24(29)32-14-20-17-9-3-1-7-15(17)16-8-2-4-10-18(16)20/h1-12,20-21H,13-14H2,(H,25,29)(H,27,28)/t21-/m0/s1. The second-order valence-electron chi connectivity index (χ2n) is 7.44. The largest absolute Gasteiger partial charge is 0.481 e. The number of nitrogens with one attached hydrogen (secondary N) is 1. The molecule has 0 bridgehead atoms. The molecule has 8 heteroatoms. The fraction of sp³-hybridized carbons (Fsp3) is 0.167. The Morgan fingerprint density at radius 2 is 1.53 bits per heavy atom. The summed E-state index contributed by atoms with van der Waals surface area (Å²) in [6, 6.07) is 20.4. The fourth-order valence-electron chi connectivity index (χ4n) is 4.14. The van der Waals surface area contributed by atoms with Crippen LogP contribution in [0.2, 0.25) is 0 Å². The second-order valence-corrected chi connectivity index (χ2v) is 7.44. The maximum atomic E-state index is 12.6. The van der Waals surface area contributed by atoms with E-state index in [2.05, 4.69) is 5.32 Å². The van der Waals surface area contributed by atoms with Crippen LogP contribution in [-0.2, 0) is 9.53 Å². The lowest BCUT2D eigenvalue weighted by Gasteiger charge is -2.19. The monoisotopic (exact) mass is 432 g/mol. The zero-order valence-electron chi connectivity index (χ0n) is 16.9. The van der Waals surface area contributed by atoms with Crippen molar-refractivity contribution in [3.05, 3.63) is 99.6 Å². The van der Waals surface area contributed by atoms with Gasteiger partial charge in [-0.2, -0.15) is 0 Å². The van der Waals surface area contributed by atoms with Crippen molar-refractivity contribution in [2.75, 3.05) is 6.61 Å². The SMILES string of the molecule is O=C(O)C[C@H](NC(=O)OCC1c2ccccc2-c2ccccc21)c1ccccc1[N+](=O)[O-]. The third-order valence-corrected chi connectivity index (χ3v) is 5.52. The first-order valence-corrected chi connectivity index (χ1v) is 10.0. The number of nitro groups is 1. The molecular formula is C24H20N2O6. The molecule has 3 aromatic rings. The third kappa shape index (κ3) is 4.15. The number of carbonyl (C=O) groups is 2. The number of nitrogens with zero attached hydrogens (tertiary/aromatic N) is 1. The van der Waals surface area contributed by atoms with Crippen LogP contribution >= 0.6 is 0 Å². The zero-order valence-corrected chi connectivity index (χ0v) is 16.9. The molecule has 8 nitrogen and oxygen atoms in total. The zero-order chi connectivity index (χ0) is 22.7. The minimum Gasteiger partial charge on any atom is -0.481 e. The number of rotatable bonds is 7. The molecule has 0 heterocycles. The summed E-state index contributed by atoms with van der Waals surface area (Å²) in [4.78, 5) is 34.6. The van der Waals surface area contributed by atoms with Gasteiger partial charge in [0.15, 0.2) is 0 Å². The highest BCUT2D eigenvalue weighted by atomic mass is 16.6. The van der Waals surface area contributed by atoms with Crippen LogP contribution < -0.4 is 5.32 Å². The molecule has 0 fully saturated rings. The maximum Gasteiger partial charge on any atom is 0.407 e. The van der Waals surface area contributed by atoms with E-state index in [-0.39, 0.29) is 23.8 Å². The first-order chi connectivity index (χ1) is 15.5. The average Bonchev–Trinajstić information content (AvgIpc) is 3.11. The number of hydrogen-bond acceptors (Lipinski definition) is 5. The highest BCUT2D eigenvalue weighted by Gasteiger charge is 2.30. The van der Waals surface area contributed by atoms with E-state index in [4.69, 9.17) is 4.74 Å². The number of para-hydroxylation sites is 1. The van der Waals surface area contributed by atoms with Crippen molar-refractivity contribution in [2.24, 2.45) is 0 Å². The van der Waals surface area contributed by atoms with E-state index < -0.39 is 29.4 Å². The van der Waals surface area contributed by atoms with Crippen molar-refractivity contribution in [1.29, 1.82) is 0 Å². The van der Waals surface area contributed by atoms with E-state index in [1.807, 2.05) is 48.5 Å². The van der Waals surface area contributed by atoms with Gasteiger partial charge in [0, 0.05) is 12.0 Å². The van der Waals surface area contributed by atoms with Crippen LogP contribution in [0.4, 0.5) is 10.5 Å². The Labute approximate surface area is 183 Å². The molecule has 1 aliphatic rings. The van der Waals surface area contributed by atoms with Crippen molar-refractivity contribution >= 4 is 17.7 Å². The summed E-state index contributed by atoms with van der Waals surface area (Å²) in [6.07, 6.45) is -1.36. The number of benzene rings is 3. The molecule has 0 unspecified atom stereocenters. The van der Waals surface area contributed by atoms with Gasteiger partial charge in [0.05, 0.1) is 22.9 Å². The molecule has 2 N–H and O–H groups in total. The second kappa shape index (κ2) is 8.89. The van der Waals surface area contributed by atoms with Crippen LogP contribution in [0, 0.1) is 10.1 Å². The Balaban J connectivity index is 1.52. The lowest BCUT2D eigenvalue weighted by molar-refractivity contribution is -0.385. The number of ether oxygens (including phenoxy) is 1. The summed E-state index contributed by atoms with van der Waals surface area (Å²) in [6.45, 7) is 0.0521. The molecule has 1 aliphatic carbocycles. The summed E-state index contributed by atoms with van der Waals surface area (Å²) in [5, 5.41) is 23.1. The number of carboxylic acid groups (broad SMARTS) is 1. The number of aliphatic carboxylic acids is 1. The maximum absolute atomic E-state index is 12.6. The van der Waals surface area contributed by atoms with E-state index in [1.165, 1.54) is 18.2 Å². The van der Waals surface area contributed by atoms with Crippen molar-refractivity contribution in [2.45, 2.75) is 18.4 Å². The van der Waals surface area contributed by atoms with Gasteiger partial charge in [-0.1, -0.05) is 66.7 Å². The van der Waals surface area contributed by atoms with Crippen LogP contribution in [0.15, 0.2) is 72.8 Å². The molecule has 1 atom stereocenters. The molecule has 0 radical (unpaired) electrons. The molecule has 0 saturated carbocycles. The fourth-order valence-corrected chi connectivity index (χ4v) is 4.14. The number of amides is 1. The normalized spacial score (nSPS) is 13.0. The van der Waals surface area contributed by atoms with Crippen LogP contribution in [0.5, 0.6) is 0 Å². The summed E-state index contributed by atoms with van der Waals surface area (Å²) < 4.78 is 5.46. The number of carboxylic acids is 1. The van der Waals surface area contributed by atoms with Gasteiger partial charge >= 0.3 is 12.1 Å². The van der Waals surface area contributed by atoms with Gasteiger partial charge in [-0.05, 0) is 22.3 Å². The average molecular weight is 432 g/mol. The quantitative estimate of drug-likeness (QED) is 0.414. The predicted octanol–water partition coefficient (Wildman–Crippen LogP) is 4.65. The van der Waals surface area contributed by atoms with Crippen molar-refractivity contribution in [1.82, 2.24) is 5.32 Å². The van der Waals surface area contributed by atoms with Crippen molar-refractivity contribution < 1.29 is 24.4 Å². The van der Waals surface area contributed by atoms with E-state index in [1.54, 1.807) is 6.07 Å². The predicted molar refractivity (Wildman–Crippen MR) is 116 cm³/mol. The van der Waals surface area contributed by atoms with E-state index >= 15 is 0 Å². The Morgan fingerprint density at radius 3 is 2.12 bits per heavy atom. The first kappa shape index (κ1) is 21.0. The van der Waals surface area contributed by atoms with Gasteiger partial charge < -0.3 is 15.2 Å². The van der Waals surface area contributed by atoms with Gasteiger partial charge in [-0.3, -0.25) is 14.9 Å². The number of alkyl carbamates (subject to hydrolysis) is 1. The molecule has 3 aromatic carbocycles. The Bertz CT molecular complexity index is 1150. The number of fused-ring (bicyclic) bond motifs is 3. The van der Waals surface area contributed by atoms with Crippen LogP contribution in [0.1, 0.15) is 35.1 Å². The van der Waals surface area contributed by atoms with Gasteiger partial charge in [0.1, 0.15) is 6.61 Å². The minimum absolute atomic E-state index is 0.0521. The van der Waals surface area contributed by atoms with Crippen LogP contribution in [0.3, 0.4) is 0 Å². The van der Waals surface area contributed by atoms with Crippen molar-refractivity contribution in [3.8, 4) is 11.1 Å². The lowest BCUT2D eigenvalue weighted by atomic mass is 9.98. The topological polar surface area (TPSA) is 119 Å². The van der Waals surface area contributed by atoms with E-state index in [0.29, 0.717) is 0 Å². The third-order valence-electron chi connectivity index (χ3n) is 5.52. The number of hydrogen-bond donors (Lipinski definition) is 2. The van der Waals surface area contributed by atoms with Gasteiger partial charge in [0.25, 0.3) is 5.69 Å². The molecule has 0 spiro atoms. The molecule has 0 saturated heterocycles. The molecule has 1 amide bonds. The number of carbonyl (C=O) groups excluding carboxylic acids is 1. The van der Waals surface area contributed by atoms with Crippen LogP contribution in [-0.4, -0.2) is 28.7 Å². The molecule has 4 rings (SSSR count). The lowest BCUT2D eigenvalue weighted by Crippen LogP contribution is -2.32. The Hall–Kier alpha value is -4.20. The highest BCUT2D eigenvalue weighted by Crippen LogP contribution is 2.44. The van der Waals surface area contributed by atoms with Crippen molar-refractivity contribution in [3.63, 3.8) is 0 Å². The Morgan fingerprint density at radius 1 is 0.969 bits per heavy atom. The molecule has 0 aliphatic heterocycles. The number of nitro benzene ring substituents is 1. The smallest absolute Gasteiger partial charge is 0.407 e. The van der Waals surface area contributed by atoms with Crippen LogP contribution in [0.25, 0.3) is 11.1 Å². The molecule has 32 heavy (non-hydrogen) atoms.